The fourth-order valence-electron chi connectivity index (χ4n) is 3.85. The van der Waals surface area contributed by atoms with Gasteiger partial charge in [-0.15, -0.1) is 0 Å². The van der Waals surface area contributed by atoms with Crippen molar-refractivity contribution in [3.63, 3.8) is 0 Å². The molecule has 0 spiro atoms. The number of rotatable bonds is 19. The number of hydrogen-bond acceptors (Lipinski definition) is 2. The summed E-state index contributed by atoms with van der Waals surface area (Å²) in [6.07, 6.45) is 27.2. The van der Waals surface area contributed by atoms with E-state index in [0.717, 1.165) is 18.9 Å². The second-order valence-corrected chi connectivity index (χ2v) is 8.42. The fourth-order valence-corrected chi connectivity index (χ4v) is 3.85. The molecule has 1 rings (SSSR count). The molecule has 1 unspecified atom stereocenters. The molecule has 2 nitrogen and oxygen atoms in total. The van der Waals surface area contributed by atoms with E-state index in [2.05, 4.69) is 18.8 Å². The second kappa shape index (κ2) is 17.9. The van der Waals surface area contributed by atoms with Gasteiger partial charge in [0.2, 0.25) is 0 Å². The molecule has 1 heterocycles. The Morgan fingerprint density at radius 1 is 0.654 bits per heavy atom. The lowest BCUT2D eigenvalue weighted by molar-refractivity contribution is 0.238. The van der Waals surface area contributed by atoms with Gasteiger partial charge in [-0.1, -0.05) is 116 Å². The van der Waals surface area contributed by atoms with Crippen molar-refractivity contribution in [2.45, 2.75) is 142 Å². The lowest BCUT2D eigenvalue weighted by Gasteiger charge is -2.05. The van der Waals surface area contributed by atoms with E-state index in [1.807, 2.05) is 0 Å². The van der Waals surface area contributed by atoms with E-state index in [9.17, 15) is 0 Å². The molecule has 2 heteroatoms. The maximum absolute atomic E-state index is 5.64. The second-order valence-electron chi connectivity index (χ2n) is 8.42. The standard InChI is InChI=1S/C24H47NO/c1-3-4-5-6-7-8-9-10-11-12-13-14-15-16-17-18-19-20-21-24-25-22-23(2)26-24/h23H,3-22H2,1-2H3. The van der Waals surface area contributed by atoms with Gasteiger partial charge >= 0.3 is 0 Å². The smallest absolute Gasteiger partial charge is 0.183 e. The molecule has 0 fully saturated rings. The Labute approximate surface area is 164 Å². The minimum Gasteiger partial charge on any atom is -0.476 e. The average molecular weight is 366 g/mol. The summed E-state index contributed by atoms with van der Waals surface area (Å²) in [6.45, 7) is 5.27. The van der Waals surface area contributed by atoms with E-state index in [1.54, 1.807) is 0 Å². The summed E-state index contributed by atoms with van der Waals surface area (Å²) < 4.78 is 5.64. The molecular weight excluding hydrogens is 318 g/mol. The molecule has 26 heavy (non-hydrogen) atoms. The molecule has 0 saturated carbocycles. The summed E-state index contributed by atoms with van der Waals surface area (Å²) in [5, 5.41) is 0. The zero-order valence-corrected chi connectivity index (χ0v) is 18.1. The van der Waals surface area contributed by atoms with Gasteiger partial charge in [0.25, 0.3) is 0 Å². The van der Waals surface area contributed by atoms with Gasteiger partial charge < -0.3 is 4.74 Å². The van der Waals surface area contributed by atoms with Crippen LogP contribution < -0.4 is 0 Å². The van der Waals surface area contributed by atoms with Crippen LogP contribution in [0.3, 0.4) is 0 Å². The van der Waals surface area contributed by atoms with Crippen molar-refractivity contribution in [3.05, 3.63) is 0 Å². The molecule has 0 aromatic heterocycles. The van der Waals surface area contributed by atoms with Crippen molar-refractivity contribution in [1.82, 2.24) is 0 Å². The number of nitrogens with zero attached hydrogens (tertiary/aromatic N) is 1. The number of unbranched alkanes of at least 4 members (excludes halogenated alkanes) is 17. The van der Waals surface area contributed by atoms with Crippen molar-refractivity contribution in [1.29, 1.82) is 0 Å². The Morgan fingerprint density at radius 3 is 1.38 bits per heavy atom. The van der Waals surface area contributed by atoms with E-state index in [1.165, 1.54) is 116 Å². The van der Waals surface area contributed by atoms with E-state index >= 15 is 0 Å². The van der Waals surface area contributed by atoms with Crippen molar-refractivity contribution < 1.29 is 4.74 Å². The van der Waals surface area contributed by atoms with E-state index in [0.29, 0.717) is 6.10 Å². The molecule has 1 aliphatic rings. The van der Waals surface area contributed by atoms with E-state index < -0.39 is 0 Å². The molecular formula is C24H47NO. The molecule has 154 valence electrons. The summed E-state index contributed by atoms with van der Waals surface area (Å²) in [5.74, 6) is 1.01. The van der Waals surface area contributed by atoms with Gasteiger partial charge in [-0.05, 0) is 13.3 Å². The molecule has 0 N–H and O–H groups in total. The summed E-state index contributed by atoms with van der Waals surface area (Å²) in [6, 6.07) is 0. The first-order valence-electron chi connectivity index (χ1n) is 12.0. The molecule has 0 bridgehead atoms. The molecule has 0 radical (unpaired) electrons. The maximum atomic E-state index is 5.64. The number of hydrogen-bond donors (Lipinski definition) is 0. The van der Waals surface area contributed by atoms with Gasteiger partial charge in [-0.2, -0.15) is 0 Å². The predicted octanol–water partition coefficient (Wildman–Crippen LogP) is 8.24. The predicted molar refractivity (Wildman–Crippen MR) is 116 cm³/mol. The summed E-state index contributed by atoms with van der Waals surface area (Å²) >= 11 is 0. The molecule has 0 saturated heterocycles. The highest BCUT2D eigenvalue weighted by Gasteiger charge is 2.13. The normalized spacial score (nSPS) is 16.7. The first-order valence-corrected chi connectivity index (χ1v) is 12.0. The van der Waals surface area contributed by atoms with Gasteiger partial charge in [0.1, 0.15) is 6.10 Å². The molecule has 0 aromatic rings. The Bertz CT molecular complexity index is 326. The Hall–Kier alpha value is -0.530. The summed E-state index contributed by atoms with van der Waals surface area (Å²) in [7, 11) is 0. The largest absolute Gasteiger partial charge is 0.476 e. The van der Waals surface area contributed by atoms with Gasteiger partial charge in [-0.3, -0.25) is 4.99 Å². The van der Waals surface area contributed by atoms with Crippen molar-refractivity contribution in [2.24, 2.45) is 4.99 Å². The van der Waals surface area contributed by atoms with Gasteiger partial charge in [-0.25, -0.2) is 0 Å². The van der Waals surface area contributed by atoms with Crippen LogP contribution in [0.1, 0.15) is 136 Å². The lowest BCUT2D eigenvalue weighted by atomic mass is 10.0. The third-order valence-corrected chi connectivity index (χ3v) is 5.61. The average Bonchev–Trinajstić information content (AvgIpc) is 3.06. The van der Waals surface area contributed by atoms with Crippen LogP contribution in [0.5, 0.6) is 0 Å². The third-order valence-electron chi connectivity index (χ3n) is 5.61. The topological polar surface area (TPSA) is 21.6 Å². The zero-order valence-electron chi connectivity index (χ0n) is 18.1. The van der Waals surface area contributed by atoms with E-state index in [-0.39, 0.29) is 0 Å². The highest BCUT2D eigenvalue weighted by atomic mass is 16.5. The minimum atomic E-state index is 0.320. The Kier molecular flexibility index (Phi) is 16.2. The zero-order chi connectivity index (χ0) is 18.7. The van der Waals surface area contributed by atoms with Crippen LogP contribution in [-0.4, -0.2) is 18.5 Å². The monoisotopic (exact) mass is 365 g/mol. The van der Waals surface area contributed by atoms with Crippen LogP contribution in [0.15, 0.2) is 4.99 Å². The third kappa shape index (κ3) is 14.6. The first kappa shape index (κ1) is 23.5. The number of aliphatic imine (C=N–C) groups is 1. The SMILES string of the molecule is CCCCCCCCCCCCCCCCCCCCC1=NCC(C)O1. The Balaban J connectivity index is 1.66. The Morgan fingerprint density at radius 2 is 1.04 bits per heavy atom. The summed E-state index contributed by atoms with van der Waals surface area (Å²) in [4.78, 5) is 4.43. The highest BCUT2D eigenvalue weighted by Crippen LogP contribution is 2.15. The number of ether oxygens (including phenoxy) is 1. The minimum absolute atomic E-state index is 0.320. The lowest BCUT2D eigenvalue weighted by Crippen LogP contribution is -2.07. The van der Waals surface area contributed by atoms with Gasteiger partial charge in [0.05, 0.1) is 6.54 Å². The van der Waals surface area contributed by atoms with Crippen molar-refractivity contribution >= 4 is 5.90 Å². The van der Waals surface area contributed by atoms with Crippen molar-refractivity contribution in [2.75, 3.05) is 6.54 Å². The van der Waals surface area contributed by atoms with E-state index in [4.69, 9.17) is 4.74 Å². The van der Waals surface area contributed by atoms with Gasteiger partial charge in [0, 0.05) is 6.42 Å². The first-order chi connectivity index (χ1) is 12.8. The fraction of sp³-hybridized carbons (Fsp3) is 0.958. The molecule has 1 atom stereocenters. The quantitative estimate of drug-likeness (QED) is 0.211. The molecule has 1 aliphatic heterocycles. The summed E-state index contributed by atoms with van der Waals surface area (Å²) in [5.41, 5.74) is 0. The molecule has 0 amide bonds. The van der Waals surface area contributed by atoms with Crippen LogP contribution in [0.2, 0.25) is 0 Å². The van der Waals surface area contributed by atoms with Crippen LogP contribution in [0.4, 0.5) is 0 Å². The maximum Gasteiger partial charge on any atom is 0.183 e. The molecule has 0 aliphatic carbocycles. The van der Waals surface area contributed by atoms with Crippen LogP contribution in [0, 0.1) is 0 Å². The van der Waals surface area contributed by atoms with Crippen molar-refractivity contribution in [3.8, 4) is 0 Å². The van der Waals surface area contributed by atoms with Gasteiger partial charge in [0.15, 0.2) is 5.90 Å². The molecule has 0 aromatic carbocycles. The highest BCUT2D eigenvalue weighted by molar-refractivity contribution is 5.77. The van der Waals surface area contributed by atoms with Crippen LogP contribution in [0.25, 0.3) is 0 Å². The van der Waals surface area contributed by atoms with Crippen LogP contribution in [-0.2, 0) is 4.74 Å². The van der Waals surface area contributed by atoms with Crippen LogP contribution >= 0.6 is 0 Å².